The molecule has 1 aliphatic rings. The number of H-pyrrole nitrogens is 1. The van der Waals surface area contributed by atoms with E-state index in [1.165, 1.54) is 10.9 Å². The van der Waals surface area contributed by atoms with Gasteiger partial charge in [-0.05, 0) is 48.4 Å². The predicted molar refractivity (Wildman–Crippen MR) is 94.9 cm³/mol. The van der Waals surface area contributed by atoms with Crippen LogP contribution in [-0.4, -0.2) is 18.6 Å². The van der Waals surface area contributed by atoms with Crippen molar-refractivity contribution in [3.63, 3.8) is 0 Å². The highest BCUT2D eigenvalue weighted by atomic mass is 35.5. The van der Waals surface area contributed by atoms with Crippen molar-refractivity contribution in [2.75, 3.05) is 13.7 Å². The Morgan fingerprint density at radius 1 is 1.09 bits per heavy atom. The number of rotatable bonds is 2. The number of fused-ring (bicyclic) bond motifs is 3. The van der Waals surface area contributed by atoms with E-state index in [-0.39, 0.29) is 6.04 Å². The average molecular weight is 347 g/mol. The second kappa shape index (κ2) is 5.75. The molecule has 0 saturated carbocycles. The maximum absolute atomic E-state index is 6.21. The summed E-state index contributed by atoms with van der Waals surface area (Å²) in [4.78, 5) is 3.54. The molecule has 0 bridgehead atoms. The average Bonchev–Trinajstić information content (AvgIpc) is 2.92. The van der Waals surface area contributed by atoms with Gasteiger partial charge < -0.3 is 15.0 Å². The van der Waals surface area contributed by atoms with Crippen LogP contribution in [-0.2, 0) is 6.42 Å². The molecule has 0 radical (unpaired) electrons. The zero-order valence-corrected chi connectivity index (χ0v) is 14.1. The minimum atomic E-state index is 0.0265. The molecule has 23 heavy (non-hydrogen) atoms. The van der Waals surface area contributed by atoms with E-state index in [0.29, 0.717) is 5.02 Å². The highest BCUT2D eigenvalue weighted by Crippen LogP contribution is 2.38. The standard InChI is InChI=1S/C18H16Cl2N2O/c1-23-16-5-3-11(20)9-14(16)17-18-12(6-7-21-17)13-8-10(19)2-4-15(13)22-18/h2-5,8-9,17,21-22H,6-7H2,1H3. The minimum Gasteiger partial charge on any atom is -0.496 e. The maximum Gasteiger partial charge on any atom is 0.124 e. The molecule has 3 nitrogen and oxygen atoms in total. The van der Waals surface area contributed by atoms with E-state index < -0.39 is 0 Å². The van der Waals surface area contributed by atoms with Gasteiger partial charge in [0.05, 0.1) is 13.2 Å². The van der Waals surface area contributed by atoms with Gasteiger partial charge in [0.2, 0.25) is 0 Å². The van der Waals surface area contributed by atoms with Gasteiger partial charge in [-0.3, -0.25) is 0 Å². The van der Waals surface area contributed by atoms with Gasteiger partial charge in [0, 0.05) is 38.8 Å². The summed E-state index contributed by atoms with van der Waals surface area (Å²) in [7, 11) is 1.68. The van der Waals surface area contributed by atoms with E-state index in [1.54, 1.807) is 7.11 Å². The highest BCUT2D eigenvalue weighted by Gasteiger charge is 2.27. The van der Waals surface area contributed by atoms with E-state index >= 15 is 0 Å². The van der Waals surface area contributed by atoms with Gasteiger partial charge in [-0.25, -0.2) is 0 Å². The second-order valence-corrected chi connectivity index (χ2v) is 6.60. The van der Waals surface area contributed by atoms with Crippen LogP contribution in [0.4, 0.5) is 0 Å². The fraction of sp³-hybridized carbons (Fsp3) is 0.222. The third kappa shape index (κ3) is 2.49. The van der Waals surface area contributed by atoms with Crippen molar-refractivity contribution in [1.29, 1.82) is 0 Å². The van der Waals surface area contributed by atoms with Crippen molar-refractivity contribution >= 4 is 34.1 Å². The lowest BCUT2D eigenvalue weighted by Gasteiger charge is -2.26. The molecule has 0 aliphatic carbocycles. The second-order valence-electron chi connectivity index (χ2n) is 5.73. The molecule has 4 rings (SSSR count). The number of methoxy groups -OCH3 is 1. The van der Waals surface area contributed by atoms with Gasteiger partial charge >= 0.3 is 0 Å². The van der Waals surface area contributed by atoms with Crippen LogP contribution in [0.5, 0.6) is 5.75 Å². The monoisotopic (exact) mass is 346 g/mol. The Balaban J connectivity index is 1.91. The lowest BCUT2D eigenvalue weighted by atomic mass is 9.94. The van der Waals surface area contributed by atoms with E-state index in [1.807, 2.05) is 36.4 Å². The summed E-state index contributed by atoms with van der Waals surface area (Å²) in [6.45, 7) is 0.896. The summed E-state index contributed by atoms with van der Waals surface area (Å²) in [6.07, 6.45) is 0.967. The van der Waals surface area contributed by atoms with Gasteiger partial charge in [0.25, 0.3) is 0 Å². The Kier molecular flexibility index (Phi) is 3.72. The summed E-state index contributed by atoms with van der Waals surface area (Å²) in [5.41, 5.74) is 4.62. The Morgan fingerprint density at radius 2 is 1.87 bits per heavy atom. The Labute approximate surface area is 144 Å². The molecule has 0 saturated heterocycles. The van der Waals surface area contributed by atoms with Crippen LogP contribution in [0, 0.1) is 0 Å². The van der Waals surface area contributed by atoms with Crippen molar-refractivity contribution in [2.45, 2.75) is 12.5 Å². The van der Waals surface area contributed by atoms with Crippen LogP contribution < -0.4 is 10.1 Å². The predicted octanol–water partition coefficient (Wildman–Crippen LogP) is 4.72. The molecular weight excluding hydrogens is 331 g/mol. The number of halogens is 2. The normalized spacial score (nSPS) is 17.3. The van der Waals surface area contributed by atoms with Crippen molar-refractivity contribution < 1.29 is 4.74 Å². The Morgan fingerprint density at radius 3 is 2.70 bits per heavy atom. The molecule has 0 fully saturated rings. The number of benzene rings is 2. The summed E-state index contributed by atoms with van der Waals surface area (Å²) >= 11 is 12.4. The van der Waals surface area contributed by atoms with Crippen molar-refractivity contribution in [2.24, 2.45) is 0 Å². The number of aromatic amines is 1. The molecule has 2 N–H and O–H groups in total. The molecule has 1 aromatic heterocycles. The molecular formula is C18H16Cl2N2O. The first-order valence-electron chi connectivity index (χ1n) is 7.54. The van der Waals surface area contributed by atoms with Crippen LogP contribution in [0.3, 0.4) is 0 Å². The SMILES string of the molecule is COc1ccc(Cl)cc1C1NCCc2c1[nH]c1ccc(Cl)cc21. The fourth-order valence-corrected chi connectivity index (χ4v) is 3.75. The molecule has 1 unspecified atom stereocenters. The largest absolute Gasteiger partial charge is 0.496 e. The molecule has 1 aliphatic heterocycles. The van der Waals surface area contributed by atoms with Crippen LogP contribution in [0.15, 0.2) is 36.4 Å². The topological polar surface area (TPSA) is 37.0 Å². The van der Waals surface area contributed by atoms with Crippen LogP contribution >= 0.6 is 23.2 Å². The van der Waals surface area contributed by atoms with Crippen molar-refractivity contribution in [3.8, 4) is 5.75 Å². The third-order valence-electron chi connectivity index (χ3n) is 4.42. The third-order valence-corrected chi connectivity index (χ3v) is 4.89. The minimum absolute atomic E-state index is 0.0265. The Hall–Kier alpha value is -1.68. The summed E-state index contributed by atoms with van der Waals surface area (Å²) < 4.78 is 5.53. The number of ether oxygens (including phenoxy) is 1. The van der Waals surface area contributed by atoms with Crippen LogP contribution in [0.25, 0.3) is 10.9 Å². The number of hydrogen-bond acceptors (Lipinski definition) is 2. The number of aromatic nitrogens is 1. The van der Waals surface area contributed by atoms with E-state index in [4.69, 9.17) is 27.9 Å². The molecule has 0 spiro atoms. The number of hydrogen-bond donors (Lipinski definition) is 2. The summed E-state index contributed by atoms with van der Waals surface area (Å²) in [5.74, 6) is 0.830. The van der Waals surface area contributed by atoms with Gasteiger partial charge in [-0.15, -0.1) is 0 Å². The smallest absolute Gasteiger partial charge is 0.124 e. The molecule has 5 heteroatoms. The van der Waals surface area contributed by atoms with Gasteiger partial charge in [-0.1, -0.05) is 23.2 Å². The first kappa shape index (κ1) is 14.9. The number of nitrogens with one attached hydrogen (secondary N) is 2. The van der Waals surface area contributed by atoms with E-state index in [2.05, 4.69) is 10.3 Å². The van der Waals surface area contributed by atoms with Gasteiger partial charge in [0.1, 0.15) is 5.75 Å². The summed E-state index contributed by atoms with van der Waals surface area (Å²) in [6, 6.07) is 11.7. The first-order valence-corrected chi connectivity index (χ1v) is 8.30. The van der Waals surface area contributed by atoms with E-state index in [9.17, 15) is 0 Å². The molecule has 2 aromatic carbocycles. The fourth-order valence-electron chi connectivity index (χ4n) is 3.40. The maximum atomic E-state index is 6.21. The molecule has 3 aromatic rings. The molecule has 118 valence electrons. The van der Waals surface area contributed by atoms with Crippen LogP contribution in [0.2, 0.25) is 10.0 Å². The lowest BCUT2D eigenvalue weighted by molar-refractivity contribution is 0.402. The van der Waals surface area contributed by atoms with E-state index in [0.717, 1.165) is 40.5 Å². The van der Waals surface area contributed by atoms with Gasteiger partial charge in [0.15, 0.2) is 0 Å². The first-order chi connectivity index (χ1) is 11.2. The lowest BCUT2D eigenvalue weighted by Crippen LogP contribution is -2.30. The zero-order valence-electron chi connectivity index (χ0n) is 12.6. The van der Waals surface area contributed by atoms with Gasteiger partial charge in [-0.2, -0.15) is 0 Å². The zero-order chi connectivity index (χ0) is 16.0. The highest BCUT2D eigenvalue weighted by molar-refractivity contribution is 6.31. The van der Waals surface area contributed by atoms with Crippen molar-refractivity contribution in [3.05, 3.63) is 63.3 Å². The van der Waals surface area contributed by atoms with Crippen LogP contribution in [0.1, 0.15) is 22.9 Å². The Bertz CT molecular complexity index is 888. The van der Waals surface area contributed by atoms with Crippen molar-refractivity contribution in [1.82, 2.24) is 10.3 Å². The summed E-state index contributed by atoms with van der Waals surface area (Å²) in [5, 5.41) is 6.22. The molecule has 0 amide bonds. The molecule has 1 atom stereocenters. The quantitative estimate of drug-likeness (QED) is 0.704. The molecule has 2 heterocycles.